The fourth-order valence-electron chi connectivity index (χ4n) is 4.41. The summed E-state index contributed by atoms with van der Waals surface area (Å²) in [4.78, 5) is 12.1. The highest BCUT2D eigenvalue weighted by Gasteiger charge is 2.27. The summed E-state index contributed by atoms with van der Waals surface area (Å²) in [5.74, 6) is 0.831. The van der Waals surface area contributed by atoms with Crippen molar-refractivity contribution in [3.63, 3.8) is 0 Å². The van der Waals surface area contributed by atoms with E-state index in [2.05, 4.69) is 72.8 Å². The van der Waals surface area contributed by atoms with Crippen LogP contribution in [0.2, 0.25) is 0 Å². The zero-order valence-corrected chi connectivity index (χ0v) is 18.8. The lowest BCUT2D eigenvalue weighted by Gasteiger charge is -2.26. The SMILES string of the molecule is COc1ccc2c(c1)/C(=C(\c1ccccn1)c1nccc3ccccc13)c1ccccc1S2. The molecule has 0 amide bonds. The van der Waals surface area contributed by atoms with Gasteiger partial charge in [-0.25, -0.2) is 0 Å². The van der Waals surface area contributed by atoms with Gasteiger partial charge in [0.25, 0.3) is 0 Å². The first kappa shape index (κ1) is 19.8. The molecular weight excluding hydrogens is 424 g/mol. The van der Waals surface area contributed by atoms with Gasteiger partial charge in [0.1, 0.15) is 5.75 Å². The van der Waals surface area contributed by atoms with Gasteiger partial charge >= 0.3 is 0 Å². The maximum atomic E-state index is 5.61. The lowest BCUT2D eigenvalue weighted by molar-refractivity contribution is 0.414. The van der Waals surface area contributed by atoms with Crippen molar-refractivity contribution in [1.29, 1.82) is 0 Å². The number of hydrogen-bond donors (Lipinski definition) is 0. The lowest BCUT2D eigenvalue weighted by atomic mass is 9.87. The number of ether oxygens (including phenoxy) is 1. The summed E-state index contributed by atoms with van der Waals surface area (Å²) in [7, 11) is 1.71. The second kappa shape index (κ2) is 8.23. The van der Waals surface area contributed by atoms with E-state index in [1.165, 1.54) is 15.4 Å². The highest BCUT2D eigenvalue weighted by atomic mass is 32.2. The molecule has 3 aromatic carbocycles. The number of nitrogens with zero attached hydrogens (tertiary/aromatic N) is 2. The van der Waals surface area contributed by atoms with Crippen LogP contribution in [0.5, 0.6) is 5.75 Å². The van der Waals surface area contributed by atoms with Gasteiger partial charge in [-0.05, 0) is 53.4 Å². The Hall–Kier alpha value is -3.89. The Bertz CT molecular complexity index is 1520. The summed E-state index contributed by atoms with van der Waals surface area (Å²) in [6.45, 7) is 0. The van der Waals surface area contributed by atoms with Crippen LogP contribution >= 0.6 is 11.8 Å². The Morgan fingerprint density at radius 2 is 1.55 bits per heavy atom. The summed E-state index contributed by atoms with van der Waals surface area (Å²) in [5, 5.41) is 2.26. The normalized spacial score (nSPS) is 13.8. The minimum Gasteiger partial charge on any atom is -0.497 e. The lowest BCUT2D eigenvalue weighted by Crippen LogP contribution is -2.06. The summed E-state index contributed by atoms with van der Waals surface area (Å²) in [6, 6.07) is 31.3. The molecule has 3 nitrogen and oxygen atoms in total. The van der Waals surface area contributed by atoms with Crippen LogP contribution in [0.25, 0.3) is 21.9 Å². The molecule has 0 saturated heterocycles. The molecule has 0 saturated carbocycles. The molecule has 0 fully saturated rings. The predicted octanol–water partition coefficient (Wildman–Crippen LogP) is 7.11. The topological polar surface area (TPSA) is 35.0 Å². The van der Waals surface area contributed by atoms with Crippen LogP contribution in [-0.4, -0.2) is 17.1 Å². The maximum absolute atomic E-state index is 5.61. The van der Waals surface area contributed by atoms with Crippen molar-refractivity contribution in [2.45, 2.75) is 9.79 Å². The Labute approximate surface area is 196 Å². The van der Waals surface area contributed by atoms with Crippen molar-refractivity contribution in [1.82, 2.24) is 9.97 Å². The first-order valence-electron chi connectivity index (χ1n) is 10.8. The molecule has 1 aliphatic rings. The molecule has 0 atom stereocenters. The summed E-state index contributed by atoms with van der Waals surface area (Å²) in [5.41, 5.74) is 6.28. The quantitative estimate of drug-likeness (QED) is 0.291. The molecule has 4 heteroatoms. The second-order valence-corrected chi connectivity index (χ2v) is 8.89. The van der Waals surface area contributed by atoms with E-state index in [4.69, 9.17) is 14.7 Å². The molecule has 0 aliphatic carbocycles. The van der Waals surface area contributed by atoms with E-state index in [1.54, 1.807) is 18.9 Å². The molecule has 1 aliphatic heterocycles. The van der Waals surface area contributed by atoms with Crippen LogP contribution in [0.1, 0.15) is 22.5 Å². The highest BCUT2D eigenvalue weighted by molar-refractivity contribution is 7.99. The largest absolute Gasteiger partial charge is 0.497 e. The number of aromatic nitrogens is 2. The van der Waals surface area contributed by atoms with Crippen molar-refractivity contribution < 1.29 is 4.74 Å². The Morgan fingerprint density at radius 1 is 0.727 bits per heavy atom. The fraction of sp³-hybridized carbons (Fsp3) is 0.0345. The van der Waals surface area contributed by atoms with E-state index in [1.807, 2.05) is 30.6 Å². The zero-order chi connectivity index (χ0) is 22.2. The van der Waals surface area contributed by atoms with Crippen molar-refractivity contribution in [3.05, 3.63) is 126 Å². The number of benzene rings is 3. The standard InChI is InChI=1S/C29H20N2OS/c1-32-20-13-14-26-23(18-20)27(22-10-4-5-12-25(22)33-26)28(24-11-6-7-16-30-24)29-21-9-3-2-8-19(21)15-17-31-29/h2-18H,1H3/b28-27+. The molecule has 0 unspecified atom stereocenters. The number of hydrogen-bond acceptors (Lipinski definition) is 4. The first-order chi connectivity index (χ1) is 16.3. The van der Waals surface area contributed by atoms with Gasteiger partial charge in [-0.2, -0.15) is 0 Å². The van der Waals surface area contributed by atoms with Gasteiger partial charge in [-0.3, -0.25) is 9.97 Å². The van der Waals surface area contributed by atoms with Crippen LogP contribution in [0.15, 0.2) is 113 Å². The number of pyridine rings is 2. The Kier molecular flexibility index (Phi) is 4.93. The maximum Gasteiger partial charge on any atom is 0.119 e. The van der Waals surface area contributed by atoms with Crippen molar-refractivity contribution >= 4 is 33.7 Å². The Morgan fingerprint density at radius 3 is 2.42 bits per heavy atom. The average Bonchev–Trinajstić information content (AvgIpc) is 2.89. The summed E-state index contributed by atoms with van der Waals surface area (Å²) >= 11 is 1.79. The number of methoxy groups -OCH3 is 1. The van der Waals surface area contributed by atoms with Gasteiger partial charge in [0.15, 0.2) is 0 Å². The molecule has 6 rings (SSSR count). The molecule has 0 radical (unpaired) electrons. The third-order valence-electron chi connectivity index (χ3n) is 5.91. The van der Waals surface area contributed by atoms with Gasteiger partial charge in [0.2, 0.25) is 0 Å². The molecule has 0 N–H and O–H groups in total. The number of fused-ring (bicyclic) bond motifs is 3. The molecule has 158 valence electrons. The molecule has 0 spiro atoms. The first-order valence-corrected chi connectivity index (χ1v) is 11.6. The van der Waals surface area contributed by atoms with Gasteiger partial charge in [0, 0.05) is 44.3 Å². The molecule has 2 aromatic heterocycles. The minimum absolute atomic E-state index is 0.831. The van der Waals surface area contributed by atoms with E-state index in [9.17, 15) is 0 Å². The fourth-order valence-corrected chi connectivity index (χ4v) is 5.48. The second-order valence-electron chi connectivity index (χ2n) is 7.81. The molecule has 0 bridgehead atoms. The van der Waals surface area contributed by atoms with Crippen LogP contribution in [0.3, 0.4) is 0 Å². The zero-order valence-electron chi connectivity index (χ0n) is 18.0. The van der Waals surface area contributed by atoms with Gasteiger partial charge < -0.3 is 4.74 Å². The van der Waals surface area contributed by atoms with E-state index >= 15 is 0 Å². The van der Waals surface area contributed by atoms with E-state index in [-0.39, 0.29) is 0 Å². The molecular formula is C29H20N2OS. The van der Waals surface area contributed by atoms with Crippen LogP contribution in [-0.2, 0) is 0 Å². The van der Waals surface area contributed by atoms with Gasteiger partial charge in [0.05, 0.1) is 18.5 Å². The summed E-state index contributed by atoms with van der Waals surface area (Å²) in [6.07, 6.45) is 3.73. The van der Waals surface area contributed by atoms with E-state index in [0.29, 0.717) is 0 Å². The van der Waals surface area contributed by atoms with Gasteiger partial charge in [-0.1, -0.05) is 60.3 Å². The summed E-state index contributed by atoms with van der Waals surface area (Å²) < 4.78 is 5.61. The van der Waals surface area contributed by atoms with E-state index < -0.39 is 0 Å². The number of rotatable bonds is 3. The predicted molar refractivity (Wildman–Crippen MR) is 135 cm³/mol. The highest BCUT2D eigenvalue weighted by Crippen LogP contribution is 2.50. The third kappa shape index (κ3) is 3.40. The minimum atomic E-state index is 0.831. The average molecular weight is 445 g/mol. The Balaban J connectivity index is 1.80. The van der Waals surface area contributed by atoms with Gasteiger partial charge in [-0.15, -0.1) is 0 Å². The smallest absolute Gasteiger partial charge is 0.119 e. The molecule has 5 aromatic rings. The van der Waals surface area contributed by atoms with Crippen LogP contribution < -0.4 is 4.74 Å². The van der Waals surface area contributed by atoms with Crippen LogP contribution in [0.4, 0.5) is 0 Å². The molecule has 3 heterocycles. The van der Waals surface area contributed by atoms with E-state index in [0.717, 1.165) is 44.6 Å². The van der Waals surface area contributed by atoms with Crippen molar-refractivity contribution in [2.24, 2.45) is 0 Å². The third-order valence-corrected chi connectivity index (χ3v) is 7.07. The van der Waals surface area contributed by atoms with Crippen molar-refractivity contribution in [3.8, 4) is 5.75 Å². The molecule has 33 heavy (non-hydrogen) atoms. The van der Waals surface area contributed by atoms with Crippen molar-refractivity contribution in [2.75, 3.05) is 7.11 Å². The van der Waals surface area contributed by atoms with Crippen LogP contribution in [0, 0.1) is 0 Å². The monoisotopic (exact) mass is 444 g/mol.